The van der Waals surface area contributed by atoms with E-state index in [4.69, 9.17) is 9.47 Å². The lowest BCUT2D eigenvalue weighted by Crippen LogP contribution is -2.40. The molecule has 4 aromatic carbocycles. The first kappa shape index (κ1) is 23.1. The Hall–Kier alpha value is -4.64. The molecule has 1 amide bonds. The molecular formula is C31H25NO4. The van der Waals surface area contributed by atoms with Gasteiger partial charge in [-0.15, -0.1) is 0 Å². The molecule has 0 saturated heterocycles. The molecule has 178 valence electrons. The number of hydrogen-bond acceptors (Lipinski definition) is 4. The second kappa shape index (κ2) is 9.92. The topological polar surface area (TPSA) is 55.8 Å². The van der Waals surface area contributed by atoms with E-state index in [1.54, 1.807) is 36.3 Å². The number of hydrogen-bond donors (Lipinski definition) is 0. The molecule has 36 heavy (non-hydrogen) atoms. The molecule has 0 spiro atoms. The van der Waals surface area contributed by atoms with Crippen molar-refractivity contribution >= 4 is 28.7 Å². The minimum atomic E-state index is -0.728. The van der Waals surface area contributed by atoms with Crippen LogP contribution in [0.25, 0.3) is 11.3 Å². The van der Waals surface area contributed by atoms with Gasteiger partial charge in [-0.2, -0.15) is 0 Å². The normalized spacial score (nSPS) is 15.4. The van der Waals surface area contributed by atoms with Crippen molar-refractivity contribution in [1.29, 1.82) is 0 Å². The van der Waals surface area contributed by atoms with Gasteiger partial charge in [-0.1, -0.05) is 60.7 Å². The lowest BCUT2D eigenvalue weighted by molar-refractivity contribution is -0.116. The van der Waals surface area contributed by atoms with Gasteiger partial charge in [0.25, 0.3) is 5.91 Å². The summed E-state index contributed by atoms with van der Waals surface area (Å²) in [7, 11) is 1.61. The predicted octanol–water partition coefficient (Wildman–Crippen LogP) is 6.53. The predicted molar refractivity (Wildman–Crippen MR) is 140 cm³/mol. The van der Waals surface area contributed by atoms with Crippen molar-refractivity contribution in [2.75, 3.05) is 12.0 Å². The number of amides is 1. The molecule has 5 rings (SSSR count). The van der Waals surface area contributed by atoms with Crippen LogP contribution in [0.2, 0.25) is 0 Å². The third-order valence-electron chi connectivity index (χ3n) is 6.18. The maximum absolute atomic E-state index is 14.3. The van der Waals surface area contributed by atoms with E-state index in [0.29, 0.717) is 28.3 Å². The molecule has 1 aliphatic rings. The average molecular weight is 476 g/mol. The SMILES string of the molecule is COc1ccc(C2OC(c3ccccc3)=C(c3ccccc3)C(=O)N2c2ccc(C(C)=O)cc2)cc1. The number of ether oxygens (including phenoxy) is 2. The van der Waals surface area contributed by atoms with Crippen LogP contribution in [0, 0.1) is 0 Å². The molecule has 1 heterocycles. The van der Waals surface area contributed by atoms with Crippen molar-refractivity contribution in [2.45, 2.75) is 13.2 Å². The molecule has 0 fully saturated rings. The minimum Gasteiger partial charge on any atom is -0.497 e. The van der Waals surface area contributed by atoms with Crippen molar-refractivity contribution < 1.29 is 19.1 Å². The first-order valence-electron chi connectivity index (χ1n) is 11.7. The molecule has 0 aliphatic carbocycles. The minimum absolute atomic E-state index is 0.0364. The number of carbonyl (C=O) groups is 2. The number of Topliss-reactive ketones (excluding diaryl/α,β-unsaturated/α-hetero) is 1. The standard InChI is InChI=1S/C31H25NO4/c1-21(33)22-13-17-26(18-14-22)32-30(34)28(23-9-5-3-6-10-23)29(24-11-7-4-8-12-24)36-31(32)25-15-19-27(35-2)20-16-25/h3-20,31H,1-2H3. The summed E-state index contributed by atoms with van der Waals surface area (Å²) >= 11 is 0. The Kier molecular flexibility index (Phi) is 6.37. The van der Waals surface area contributed by atoms with Gasteiger partial charge in [-0.05, 0) is 61.0 Å². The largest absolute Gasteiger partial charge is 0.497 e. The Morgan fingerprint density at radius 1 is 0.778 bits per heavy atom. The average Bonchev–Trinajstić information content (AvgIpc) is 2.93. The summed E-state index contributed by atoms with van der Waals surface area (Å²) in [5, 5.41) is 0. The van der Waals surface area contributed by atoms with Crippen LogP contribution in [0.1, 0.15) is 40.2 Å². The first-order valence-corrected chi connectivity index (χ1v) is 11.7. The molecule has 0 N–H and O–H groups in total. The van der Waals surface area contributed by atoms with E-state index in [2.05, 4.69) is 0 Å². The Morgan fingerprint density at radius 3 is 1.92 bits per heavy atom. The van der Waals surface area contributed by atoms with Crippen LogP contribution in [-0.4, -0.2) is 18.8 Å². The van der Waals surface area contributed by atoms with Crippen molar-refractivity contribution in [3.63, 3.8) is 0 Å². The Morgan fingerprint density at radius 2 is 1.36 bits per heavy atom. The molecule has 0 bridgehead atoms. The highest BCUT2D eigenvalue weighted by atomic mass is 16.5. The highest BCUT2D eigenvalue weighted by molar-refractivity contribution is 6.32. The molecular weight excluding hydrogens is 450 g/mol. The molecule has 4 aromatic rings. The van der Waals surface area contributed by atoms with Crippen LogP contribution < -0.4 is 9.64 Å². The van der Waals surface area contributed by atoms with Gasteiger partial charge in [0, 0.05) is 22.4 Å². The number of ketones is 1. The smallest absolute Gasteiger partial charge is 0.265 e. The summed E-state index contributed by atoms with van der Waals surface area (Å²) in [5.41, 5.74) is 4.05. The van der Waals surface area contributed by atoms with Crippen LogP contribution in [0.4, 0.5) is 5.69 Å². The molecule has 1 unspecified atom stereocenters. The fourth-order valence-corrected chi connectivity index (χ4v) is 4.30. The van der Waals surface area contributed by atoms with Crippen LogP contribution in [-0.2, 0) is 9.53 Å². The summed E-state index contributed by atoms with van der Waals surface area (Å²) in [4.78, 5) is 27.8. The van der Waals surface area contributed by atoms with E-state index in [1.165, 1.54) is 6.92 Å². The van der Waals surface area contributed by atoms with Crippen LogP contribution in [0.3, 0.4) is 0 Å². The number of nitrogens with zero attached hydrogens (tertiary/aromatic N) is 1. The van der Waals surface area contributed by atoms with Gasteiger partial charge in [0.05, 0.1) is 12.7 Å². The maximum atomic E-state index is 14.3. The number of carbonyl (C=O) groups excluding carboxylic acids is 2. The zero-order chi connectivity index (χ0) is 25.1. The highest BCUT2D eigenvalue weighted by Crippen LogP contribution is 2.43. The van der Waals surface area contributed by atoms with E-state index in [9.17, 15) is 9.59 Å². The zero-order valence-corrected chi connectivity index (χ0v) is 20.0. The quantitative estimate of drug-likeness (QED) is 0.298. The molecule has 5 heteroatoms. The van der Waals surface area contributed by atoms with E-state index in [-0.39, 0.29) is 11.7 Å². The number of benzene rings is 4. The molecule has 0 aromatic heterocycles. The second-order valence-corrected chi connectivity index (χ2v) is 8.46. The summed E-state index contributed by atoms with van der Waals surface area (Å²) in [6.07, 6.45) is -0.728. The van der Waals surface area contributed by atoms with Crippen molar-refractivity contribution in [2.24, 2.45) is 0 Å². The summed E-state index contributed by atoms with van der Waals surface area (Å²) in [5.74, 6) is 1.000. The fraction of sp³-hybridized carbons (Fsp3) is 0.0968. The van der Waals surface area contributed by atoms with Crippen molar-refractivity contribution in [3.05, 3.63) is 131 Å². The van der Waals surface area contributed by atoms with Gasteiger partial charge in [-0.25, -0.2) is 0 Å². The summed E-state index contributed by atoms with van der Waals surface area (Å²) < 4.78 is 12.0. The molecule has 0 saturated carbocycles. The van der Waals surface area contributed by atoms with Crippen LogP contribution in [0.15, 0.2) is 109 Å². The summed E-state index contributed by atoms with van der Waals surface area (Å²) in [6.45, 7) is 1.52. The van der Waals surface area contributed by atoms with Gasteiger partial charge in [0.15, 0.2) is 5.78 Å². The Bertz CT molecular complexity index is 1410. The van der Waals surface area contributed by atoms with E-state index < -0.39 is 6.23 Å². The van der Waals surface area contributed by atoms with Gasteiger partial charge >= 0.3 is 0 Å². The van der Waals surface area contributed by atoms with E-state index in [0.717, 1.165) is 16.7 Å². The lowest BCUT2D eigenvalue weighted by Gasteiger charge is -2.38. The van der Waals surface area contributed by atoms with E-state index >= 15 is 0 Å². The Balaban J connectivity index is 1.71. The maximum Gasteiger partial charge on any atom is 0.265 e. The van der Waals surface area contributed by atoms with Crippen molar-refractivity contribution in [3.8, 4) is 5.75 Å². The van der Waals surface area contributed by atoms with Gasteiger partial charge in [-0.3, -0.25) is 14.5 Å². The molecule has 1 aliphatic heterocycles. The number of anilines is 1. The lowest BCUT2D eigenvalue weighted by atomic mass is 9.96. The molecule has 1 atom stereocenters. The molecule has 5 nitrogen and oxygen atoms in total. The van der Waals surface area contributed by atoms with Crippen LogP contribution >= 0.6 is 0 Å². The summed E-state index contributed by atoms with van der Waals surface area (Å²) in [6, 6.07) is 33.7. The zero-order valence-electron chi connectivity index (χ0n) is 20.0. The van der Waals surface area contributed by atoms with E-state index in [1.807, 2.05) is 84.9 Å². The Labute approximate surface area is 210 Å². The van der Waals surface area contributed by atoms with Gasteiger partial charge in [0.2, 0.25) is 6.23 Å². The third-order valence-corrected chi connectivity index (χ3v) is 6.18. The van der Waals surface area contributed by atoms with Gasteiger partial charge in [0.1, 0.15) is 11.5 Å². The van der Waals surface area contributed by atoms with Gasteiger partial charge < -0.3 is 9.47 Å². The second-order valence-electron chi connectivity index (χ2n) is 8.46. The molecule has 0 radical (unpaired) electrons. The monoisotopic (exact) mass is 475 g/mol. The van der Waals surface area contributed by atoms with Crippen molar-refractivity contribution in [1.82, 2.24) is 0 Å². The van der Waals surface area contributed by atoms with Crippen LogP contribution in [0.5, 0.6) is 5.75 Å². The highest BCUT2D eigenvalue weighted by Gasteiger charge is 2.39. The first-order chi connectivity index (χ1) is 17.6. The fourth-order valence-electron chi connectivity index (χ4n) is 4.30. The third kappa shape index (κ3) is 4.39. The number of methoxy groups -OCH3 is 1. The number of rotatable bonds is 6.